The molecule has 0 unspecified atom stereocenters. The number of carboxylic acid groups (broad SMARTS) is 1. The summed E-state index contributed by atoms with van der Waals surface area (Å²) in [5.74, 6) is -0.584. The van der Waals surface area contributed by atoms with Gasteiger partial charge in [-0.3, -0.25) is 4.79 Å². The first-order chi connectivity index (χ1) is 9.72. The number of aromatic nitrogens is 4. The molecule has 2 rings (SSSR count). The number of tetrazole rings is 1. The molecule has 0 atom stereocenters. The van der Waals surface area contributed by atoms with Gasteiger partial charge in [-0.05, 0) is 22.6 Å². The molecule has 0 saturated carbocycles. The van der Waals surface area contributed by atoms with Crippen LogP contribution in [0.15, 0.2) is 30.3 Å². The lowest BCUT2D eigenvalue weighted by Gasteiger charge is -2.20. The highest BCUT2D eigenvalue weighted by molar-refractivity contribution is 5.72. The maximum Gasteiger partial charge on any atom is 0.323 e. The summed E-state index contributed by atoms with van der Waals surface area (Å²) in [6.07, 6.45) is 0. The number of hydrogen-bond acceptors (Lipinski definition) is 6. The van der Waals surface area contributed by atoms with Crippen LogP contribution in [0.2, 0.25) is 0 Å². The highest BCUT2D eigenvalue weighted by atomic mass is 16.5. The van der Waals surface area contributed by atoms with Gasteiger partial charge >= 0.3 is 5.97 Å². The Balaban J connectivity index is 2.29. The Morgan fingerprint density at radius 2 is 2.15 bits per heavy atom. The first kappa shape index (κ1) is 13.9. The second-order valence-corrected chi connectivity index (χ2v) is 4.03. The molecular formula is C12H15N5O3. The third-order valence-electron chi connectivity index (χ3n) is 2.63. The van der Waals surface area contributed by atoms with Crippen LogP contribution < -0.4 is 4.90 Å². The lowest BCUT2D eigenvalue weighted by Crippen LogP contribution is -2.34. The van der Waals surface area contributed by atoms with Crippen molar-refractivity contribution in [2.75, 3.05) is 31.7 Å². The van der Waals surface area contributed by atoms with Crippen molar-refractivity contribution in [2.45, 2.75) is 0 Å². The van der Waals surface area contributed by atoms with E-state index >= 15 is 0 Å². The summed E-state index contributed by atoms with van der Waals surface area (Å²) in [4.78, 5) is 12.5. The van der Waals surface area contributed by atoms with Crippen LogP contribution in [0.25, 0.3) is 5.69 Å². The summed E-state index contributed by atoms with van der Waals surface area (Å²) in [5.41, 5.74) is 0.764. The second kappa shape index (κ2) is 6.62. The average Bonchev–Trinajstić information content (AvgIpc) is 2.93. The molecule has 8 nitrogen and oxygen atoms in total. The van der Waals surface area contributed by atoms with Crippen LogP contribution in [0.3, 0.4) is 0 Å². The van der Waals surface area contributed by atoms with E-state index in [1.807, 2.05) is 30.3 Å². The van der Waals surface area contributed by atoms with Gasteiger partial charge < -0.3 is 14.7 Å². The Hall–Kier alpha value is -2.48. The molecule has 0 aliphatic rings. The average molecular weight is 277 g/mol. The van der Waals surface area contributed by atoms with Gasteiger partial charge in [0.2, 0.25) is 0 Å². The van der Waals surface area contributed by atoms with Gasteiger partial charge in [-0.15, -0.1) is 0 Å². The van der Waals surface area contributed by atoms with E-state index in [0.29, 0.717) is 19.1 Å². The van der Waals surface area contributed by atoms with E-state index in [4.69, 9.17) is 9.84 Å². The SMILES string of the molecule is COCCN(CC(=O)O)c1nnnn1-c1ccccc1. The van der Waals surface area contributed by atoms with Gasteiger partial charge in [-0.1, -0.05) is 23.3 Å². The standard InChI is InChI=1S/C12H15N5O3/c1-20-8-7-16(9-11(18)19)12-13-14-15-17(12)10-5-3-2-4-6-10/h2-6H,7-9H2,1H3,(H,18,19). The van der Waals surface area contributed by atoms with Crippen LogP contribution >= 0.6 is 0 Å². The molecule has 1 N–H and O–H groups in total. The van der Waals surface area contributed by atoms with Crippen LogP contribution in [0.1, 0.15) is 0 Å². The highest BCUT2D eigenvalue weighted by Gasteiger charge is 2.18. The summed E-state index contributed by atoms with van der Waals surface area (Å²) < 4.78 is 6.48. The van der Waals surface area contributed by atoms with Crippen molar-refractivity contribution >= 4 is 11.9 Å². The summed E-state index contributed by atoms with van der Waals surface area (Å²) in [7, 11) is 1.55. The van der Waals surface area contributed by atoms with Crippen molar-refractivity contribution in [1.82, 2.24) is 20.2 Å². The molecule has 0 saturated heterocycles. The normalized spacial score (nSPS) is 10.4. The van der Waals surface area contributed by atoms with Crippen molar-refractivity contribution in [3.05, 3.63) is 30.3 Å². The predicted molar refractivity (Wildman–Crippen MR) is 70.9 cm³/mol. The lowest BCUT2D eigenvalue weighted by atomic mass is 10.3. The number of carbonyl (C=O) groups is 1. The van der Waals surface area contributed by atoms with Crippen LogP contribution in [-0.4, -0.2) is 58.1 Å². The van der Waals surface area contributed by atoms with Gasteiger partial charge in [0, 0.05) is 13.7 Å². The van der Waals surface area contributed by atoms with Gasteiger partial charge in [0.25, 0.3) is 5.95 Å². The molecule has 8 heteroatoms. The number of para-hydroxylation sites is 1. The van der Waals surface area contributed by atoms with E-state index in [9.17, 15) is 4.79 Å². The predicted octanol–water partition coefficient (Wildman–Crippen LogP) is 0.200. The smallest absolute Gasteiger partial charge is 0.323 e. The van der Waals surface area contributed by atoms with Crippen molar-refractivity contribution in [2.24, 2.45) is 0 Å². The van der Waals surface area contributed by atoms with Gasteiger partial charge in [-0.25, -0.2) is 0 Å². The van der Waals surface area contributed by atoms with Crippen LogP contribution in [0, 0.1) is 0 Å². The van der Waals surface area contributed by atoms with Crippen LogP contribution in [0.4, 0.5) is 5.95 Å². The third kappa shape index (κ3) is 3.29. The van der Waals surface area contributed by atoms with E-state index in [1.165, 1.54) is 4.68 Å². The Bertz CT molecular complexity index is 557. The molecule has 0 aliphatic carbocycles. The number of carboxylic acids is 1. The van der Waals surface area contributed by atoms with Crippen molar-refractivity contribution in [3.63, 3.8) is 0 Å². The molecule has 20 heavy (non-hydrogen) atoms. The zero-order chi connectivity index (χ0) is 14.4. The molecule has 0 aliphatic heterocycles. The number of rotatable bonds is 7. The molecule has 0 spiro atoms. The monoisotopic (exact) mass is 277 g/mol. The van der Waals surface area contributed by atoms with Gasteiger partial charge in [0.05, 0.1) is 12.3 Å². The molecule has 106 valence electrons. The minimum atomic E-state index is -0.955. The fourth-order valence-electron chi connectivity index (χ4n) is 1.73. The number of ether oxygens (including phenoxy) is 1. The summed E-state index contributed by atoms with van der Waals surface area (Å²) >= 11 is 0. The molecule has 1 aromatic heterocycles. The van der Waals surface area contributed by atoms with E-state index in [0.717, 1.165) is 5.69 Å². The van der Waals surface area contributed by atoms with Crippen LogP contribution in [-0.2, 0) is 9.53 Å². The summed E-state index contributed by atoms with van der Waals surface area (Å²) in [6.45, 7) is 0.571. The number of benzene rings is 1. The van der Waals surface area contributed by atoms with Crippen molar-refractivity contribution in [1.29, 1.82) is 0 Å². The fourth-order valence-corrected chi connectivity index (χ4v) is 1.73. The van der Waals surface area contributed by atoms with E-state index in [-0.39, 0.29) is 6.54 Å². The number of aliphatic carboxylic acids is 1. The Morgan fingerprint density at radius 3 is 2.80 bits per heavy atom. The molecule has 1 heterocycles. The topological polar surface area (TPSA) is 93.4 Å². The minimum Gasteiger partial charge on any atom is -0.480 e. The number of nitrogens with zero attached hydrogens (tertiary/aromatic N) is 5. The maximum atomic E-state index is 11.0. The number of hydrogen-bond donors (Lipinski definition) is 1. The number of anilines is 1. The zero-order valence-electron chi connectivity index (χ0n) is 11.0. The van der Waals surface area contributed by atoms with E-state index < -0.39 is 5.97 Å². The highest BCUT2D eigenvalue weighted by Crippen LogP contribution is 2.14. The molecule has 1 aromatic carbocycles. The minimum absolute atomic E-state index is 0.198. The summed E-state index contributed by atoms with van der Waals surface area (Å²) in [6, 6.07) is 9.28. The lowest BCUT2D eigenvalue weighted by molar-refractivity contribution is -0.135. The third-order valence-corrected chi connectivity index (χ3v) is 2.63. The quantitative estimate of drug-likeness (QED) is 0.772. The Labute approximate surface area is 115 Å². The number of methoxy groups -OCH3 is 1. The van der Waals surface area contributed by atoms with E-state index in [1.54, 1.807) is 12.0 Å². The molecule has 0 radical (unpaired) electrons. The van der Waals surface area contributed by atoms with Gasteiger partial charge in [0.15, 0.2) is 0 Å². The first-order valence-electron chi connectivity index (χ1n) is 6.02. The molecule has 0 amide bonds. The fraction of sp³-hybridized carbons (Fsp3) is 0.333. The Morgan fingerprint density at radius 1 is 1.40 bits per heavy atom. The van der Waals surface area contributed by atoms with Gasteiger partial charge in [0.1, 0.15) is 6.54 Å². The molecular weight excluding hydrogens is 262 g/mol. The maximum absolute atomic E-state index is 11.0. The molecule has 0 bridgehead atoms. The molecule has 0 fully saturated rings. The molecule has 2 aromatic rings. The Kier molecular flexibility index (Phi) is 4.61. The summed E-state index contributed by atoms with van der Waals surface area (Å²) in [5, 5.41) is 20.4. The zero-order valence-corrected chi connectivity index (χ0v) is 11.0. The van der Waals surface area contributed by atoms with Crippen molar-refractivity contribution in [3.8, 4) is 5.69 Å². The van der Waals surface area contributed by atoms with E-state index in [2.05, 4.69) is 15.5 Å². The van der Waals surface area contributed by atoms with Crippen molar-refractivity contribution < 1.29 is 14.6 Å². The van der Waals surface area contributed by atoms with Crippen LogP contribution in [0.5, 0.6) is 0 Å². The first-order valence-corrected chi connectivity index (χ1v) is 6.02. The second-order valence-electron chi connectivity index (χ2n) is 4.03. The van der Waals surface area contributed by atoms with Gasteiger partial charge in [-0.2, -0.15) is 4.68 Å². The largest absolute Gasteiger partial charge is 0.480 e.